The number of nitrogens with one attached hydrogen (secondary N) is 1. The second-order valence-electron chi connectivity index (χ2n) is 4.64. The van der Waals surface area contributed by atoms with Crippen LogP contribution in [-0.2, 0) is 11.2 Å². The normalized spacial score (nSPS) is 16.4. The van der Waals surface area contributed by atoms with E-state index in [0.717, 1.165) is 11.3 Å². The lowest BCUT2D eigenvalue weighted by Gasteiger charge is -2.12. The smallest absolute Gasteiger partial charge is 0.265 e. The lowest BCUT2D eigenvalue weighted by molar-refractivity contribution is -0.122. The summed E-state index contributed by atoms with van der Waals surface area (Å²) < 4.78 is 5.63. The minimum absolute atomic E-state index is 0.192. The van der Waals surface area contributed by atoms with Gasteiger partial charge in [-0.05, 0) is 29.8 Å². The fraction of sp³-hybridized carbons (Fsp3) is 0.133. The van der Waals surface area contributed by atoms with Gasteiger partial charge in [0.1, 0.15) is 5.75 Å². The van der Waals surface area contributed by atoms with Crippen molar-refractivity contribution in [2.24, 2.45) is 0 Å². The second kappa shape index (κ2) is 5.06. The number of benzene rings is 2. The van der Waals surface area contributed by atoms with Crippen LogP contribution < -0.4 is 15.8 Å². The van der Waals surface area contributed by atoms with Crippen LogP contribution in [0, 0.1) is 0 Å². The third-order valence-electron chi connectivity index (χ3n) is 3.20. The first kappa shape index (κ1) is 12.8. The van der Waals surface area contributed by atoms with E-state index in [1.807, 2.05) is 24.3 Å². The monoisotopic (exact) mass is 288 g/mol. The number of rotatable bonds is 2. The molecule has 102 valence electrons. The number of carbonyl (C=O) groups is 1. The molecule has 1 aliphatic heterocycles. The molecule has 0 fully saturated rings. The summed E-state index contributed by atoms with van der Waals surface area (Å²) in [5, 5.41) is 3.25. The molecule has 1 amide bonds. The molecule has 0 radical (unpaired) electrons. The number of anilines is 2. The first-order valence-corrected chi connectivity index (χ1v) is 6.62. The molecule has 2 aromatic rings. The Morgan fingerprint density at radius 1 is 1.30 bits per heavy atom. The Morgan fingerprint density at radius 2 is 2.10 bits per heavy atom. The van der Waals surface area contributed by atoms with Crippen LogP contribution in [0.15, 0.2) is 42.5 Å². The summed E-state index contributed by atoms with van der Waals surface area (Å²) in [6, 6.07) is 12.6. The predicted octanol–water partition coefficient (Wildman–Crippen LogP) is 2.86. The topological polar surface area (TPSA) is 64.3 Å². The van der Waals surface area contributed by atoms with Gasteiger partial charge >= 0.3 is 0 Å². The number of hydrogen-bond acceptors (Lipinski definition) is 3. The van der Waals surface area contributed by atoms with Crippen LogP contribution in [0.25, 0.3) is 0 Å². The molecule has 1 atom stereocenters. The van der Waals surface area contributed by atoms with Gasteiger partial charge in [0.2, 0.25) is 0 Å². The minimum Gasteiger partial charge on any atom is -0.480 e. The molecule has 2 aromatic carbocycles. The number of ether oxygens (including phenoxy) is 1. The van der Waals surface area contributed by atoms with E-state index in [4.69, 9.17) is 22.1 Å². The molecule has 4 nitrogen and oxygen atoms in total. The van der Waals surface area contributed by atoms with Gasteiger partial charge in [-0.3, -0.25) is 4.79 Å². The van der Waals surface area contributed by atoms with Crippen LogP contribution in [0.4, 0.5) is 11.4 Å². The van der Waals surface area contributed by atoms with Crippen LogP contribution >= 0.6 is 11.6 Å². The van der Waals surface area contributed by atoms with E-state index < -0.39 is 6.10 Å². The van der Waals surface area contributed by atoms with E-state index in [0.29, 0.717) is 22.8 Å². The largest absolute Gasteiger partial charge is 0.480 e. The third kappa shape index (κ3) is 2.42. The summed E-state index contributed by atoms with van der Waals surface area (Å²) in [6.07, 6.45) is 0.0646. The van der Waals surface area contributed by atoms with Crippen LogP contribution in [0.3, 0.4) is 0 Å². The van der Waals surface area contributed by atoms with E-state index in [9.17, 15) is 4.79 Å². The molecule has 20 heavy (non-hydrogen) atoms. The van der Waals surface area contributed by atoms with Gasteiger partial charge in [0.25, 0.3) is 5.91 Å². The summed E-state index contributed by atoms with van der Waals surface area (Å²) in [5.74, 6) is 0.575. The van der Waals surface area contributed by atoms with Crippen LogP contribution in [-0.4, -0.2) is 12.0 Å². The fourth-order valence-corrected chi connectivity index (χ4v) is 2.29. The van der Waals surface area contributed by atoms with Crippen LogP contribution in [0.5, 0.6) is 5.75 Å². The van der Waals surface area contributed by atoms with Gasteiger partial charge in [0.05, 0.1) is 10.7 Å². The number of nitrogens with two attached hydrogens (primary N) is 1. The number of para-hydroxylation sites is 1. The molecule has 0 aliphatic carbocycles. The highest BCUT2D eigenvalue weighted by Crippen LogP contribution is 2.29. The molecule has 1 unspecified atom stereocenters. The molecule has 5 heteroatoms. The number of halogens is 1. The van der Waals surface area contributed by atoms with Crippen molar-refractivity contribution < 1.29 is 9.53 Å². The minimum atomic E-state index is -0.510. The molecule has 3 rings (SSSR count). The van der Waals surface area contributed by atoms with Crippen molar-refractivity contribution >= 4 is 28.9 Å². The predicted molar refractivity (Wildman–Crippen MR) is 79.1 cm³/mol. The number of hydrogen-bond donors (Lipinski definition) is 2. The van der Waals surface area contributed by atoms with Crippen molar-refractivity contribution in [2.75, 3.05) is 11.1 Å². The molecule has 0 bridgehead atoms. The highest BCUT2D eigenvalue weighted by molar-refractivity contribution is 6.33. The summed E-state index contributed by atoms with van der Waals surface area (Å²) in [6.45, 7) is 0. The average molecular weight is 289 g/mol. The standard InChI is InChI=1S/C15H13ClN2O2/c16-11-6-5-10(8-12(11)17)18-15(19)14-7-9-3-1-2-4-13(9)20-14/h1-6,8,14H,7,17H2,(H,18,19). The van der Waals surface area contributed by atoms with Gasteiger partial charge < -0.3 is 15.8 Å². The Bertz CT molecular complexity index is 648. The Balaban J connectivity index is 1.71. The van der Waals surface area contributed by atoms with E-state index in [1.54, 1.807) is 18.2 Å². The molecular formula is C15H13ClN2O2. The van der Waals surface area contributed by atoms with E-state index >= 15 is 0 Å². The highest BCUT2D eigenvalue weighted by Gasteiger charge is 2.28. The van der Waals surface area contributed by atoms with Gasteiger partial charge in [-0.25, -0.2) is 0 Å². The maximum atomic E-state index is 12.2. The molecule has 3 N–H and O–H groups in total. The number of amides is 1. The Hall–Kier alpha value is -2.20. The zero-order chi connectivity index (χ0) is 14.1. The molecule has 0 spiro atoms. The summed E-state index contributed by atoms with van der Waals surface area (Å²) in [7, 11) is 0. The maximum absolute atomic E-state index is 12.2. The molecule has 0 saturated heterocycles. The zero-order valence-corrected chi connectivity index (χ0v) is 11.4. The van der Waals surface area contributed by atoms with E-state index in [2.05, 4.69) is 5.32 Å². The Labute approximate surface area is 121 Å². The van der Waals surface area contributed by atoms with Crippen LogP contribution in [0.2, 0.25) is 5.02 Å². The number of carbonyl (C=O) groups excluding carboxylic acids is 1. The zero-order valence-electron chi connectivity index (χ0n) is 10.6. The van der Waals surface area contributed by atoms with Crippen molar-refractivity contribution in [3.05, 3.63) is 53.1 Å². The van der Waals surface area contributed by atoms with Crippen molar-refractivity contribution in [1.29, 1.82) is 0 Å². The molecular weight excluding hydrogens is 276 g/mol. The summed E-state index contributed by atoms with van der Waals surface area (Å²) in [5.41, 5.74) is 7.79. The SMILES string of the molecule is Nc1cc(NC(=O)C2Cc3ccccc3O2)ccc1Cl. The maximum Gasteiger partial charge on any atom is 0.265 e. The first-order valence-electron chi connectivity index (χ1n) is 6.24. The van der Waals surface area contributed by atoms with Crippen molar-refractivity contribution in [3.63, 3.8) is 0 Å². The number of fused-ring (bicyclic) bond motifs is 1. The lowest BCUT2D eigenvalue weighted by Crippen LogP contribution is -2.31. The van der Waals surface area contributed by atoms with Gasteiger partial charge in [0, 0.05) is 12.1 Å². The quantitative estimate of drug-likeness (QED) is 0.835. The second-order valence-corrected chi connectivity index (χ2v) is 5.05. The van der Waals surface area contributed by atoms with Gasteiger partial charge in [-0.2, -0.15) is 0 Å². The van der Waals surface area contributed by atoms with Gasteiger partial charge in [-0.1, -0.05) is 29.8 Å². The van der Waals surface area contributed by atoms with Gasteiger partial charge in [0.15, 0.2) is 6.10 Å². The Kier molecular flexibility index (Phi) is 3.24. The van der Waals surface area contributed by atoms with Crippen LogP contribution in [0.1, 0.15) is 5.56 Å². The van der Waals surface area contributed by atoms with Crippen molar-refractivity contribution in [1.82, 2.24) is 0 Å². The number of nitrogen functional groups attached to an aromatic ring is 1. The molecule has 1 heterocycles. The highest BCUT2D eigenvalue weighted by atomic mass is 35.5. The lowest BCUT2D eigenvalue weighted by atomic mass is 10.1. The third-order valence-corrected chi connectivity index (χ3v) is 3.55. The van der Waals surface area contributed by atoms with E-state index in [-0.39, 0.29) is 5.91 Å². The fourth-order valence-electron chi connectivity index (χ4n) is 2.17. The molecule has 0 saturated carbocycles. The van der Waals surface area contributed by atoms with Crippen molar-refractivity contribution in [2.45, 2.75) is 12.5 Å². The molecule has 0 aromatic heterocycles. The Morgan fingerprint density at radius 3 is 2.85 bits per heavy atom. The first-order chi connectivity index (χ1) is 9.63. The van der Waals surface area contributed by atoms with Crippen molar-refractivity contribution in [3.8, 4) is 5.75 Å². The summed E-state index contributed by atoms with van der Waals surface area (Å²) in [4.78, 5) is 12.2. The summed E-state index contributed by atoms with van der Waals surface area (Å²) >= 11 is 5.84. The van der Waals surface area contributed by atoms with Gasteiger partial charge in [-0.15, -0.1) is 0 Å². The average Bonchev–Trinajstić information content (AvgIpc) is 2.87. The molecule has 1 aliphatic rings. The van der Waals surface area contributed by atoms with E-state index in [1.165, 1.54) is 0 Å².